The zero-order valence-corrected chi connectivity index (χ0v) is 15.9. The standard InChI is InChI=1S/C16H24N2O6S/c1-6-24-16(20)15(19)17-7-8-18(4)25(21,22)14-11(2)9-13(23-5)10-12(14)3/h9-10H,6-8H2,1-5H3,(H,17,19). The second kappa shape index (κ2) is 8.82. The molecule has 0 atom stereocenters. The smallest absolute Gasteiger partial charge is 0.396 e. The van der Waals surface area contributed by atoms with Gasteiger partial charge in [-0.2, -0.15) is 4.31 Å². The molecule has 0 bridgehead atoms. The SMILES string of the molecule is CCOC(=O)C(=O)NCCN(C)S(=O)(=O)c1c(C)cc(OC)cc1C. The van der Waals surface area contributed by atoms with E-state index in [0.717, 1.165) is 4.31 Å². The molecule has 25 heavy (non-hydrogen) atoms. The Morgan fingerprint density at radius 2 is 1.76 bits per heavy atom. The molecular formula is C16H24N2O6S. The number of likely N-dealkylation sites (N-methyl/N-ethyl adjacent to an activating group) is 1. The normalized spacial score (nSPS) is 11.3. The van der Waals surface area contributed by atoms with Crippen LogP contribution in [0.2, 0.25) is 0 Å². The third kappa shape index (κ3) is 5.17. The largest absolute Gasteiger partial charge is 0.497 e. The number of esters is 1. The third-order valence-corrected chi connectivity index (χ3v) is 5.67. The van der Waals surface area contributed by atoms with Crippen LogP contribution in [0.4, 0.5) is 0 Å². The fraction of sp³-hybridized carbons (Fsp3) is 0.500. The van der Waals surface area contributed by atoms with Crippen LogP contribution in [0.5, 0.6) is 5.75 Å². The van der Waals surface area contributed by atoms with Crippen molar-refractivity contribution in [3.8, 4) is 5.75 Å². The predicted octanol–water partition coefficient (Wildman–Crippen LogP) is 0.612. The lowest BCUT2D eigenvalue weighted by Gasteiger charge is -2.20. The van der Waals surface area contributed by atoms with Gasteiger partial charge >= 0.3 is 11.9 Å². The van der Waals surface area contributed by atoms with Crippen LogP contribution in [0.3, 0.4) is 0 Å². The lowest BCUT2D eigenvalue weighted by atomic mass is 10.1. The van der Waals surface area contributed by atoms with Crippen LogP contribution >= 0.6 is 0 Å². The van der Waals surface area contributed by atoms with Crippen molar-refractivity contribution in [1.29, 1.82) is 0 Å². The zero-order valence-electron chi connectivity index (χ0n) is 15.1. The van der Waals surface area contributed by atoms with Gasteiger partial charge < -0.3 is 14.8 Å². The van der Waals surface area contributed by atoms with Crippen molar-refractivity contribution in [2.24, 2.45) is 0 Å². The van der Waals surface area contributed by atoms with Gasteiger partial charge in [0.2, 0.25) is 10.0 Å². The van der Waals surface area contributed by atoms with Gasteiger partial charge in [0.25, 0.3) is 0 Å². The van der Waals surface area contributed by atoms with E-state index >= 15 is 0 Å². The highest BCUT2D eigenvalue weighted by Crippen LogP contribution is 2.27. The number of carbonyl (C=O) groups excluding carboxylic acids is 2. The number of amides is 1. The molecule has 0 radical (unpaired) electrons. The van der Waals surface area contributed by atoms with Crippen LogP contribution in [-0.4, -0.2) is 58.5 Å². The van der Waals surface area contributed by atoms with Gasteiger partial charge in [-0.3, -0.25) is 4.79 Å². The molecule has 0 aromatic heterocycles. The van der Waals surface area contributed by atoms with Crippen LogP contribution in [0.1, 0.15) is 18.1 Å². The summed E-state index contributed by atoms with van der Waals surface area (Å²) in [5, 5.41) is 2.33. The Morgan fingerprint density at radius 1 is 1.20 bits per heavy atom. The zero-order chi connectivity index (χ0) is 19.2. The summed E-state index contributed by atoms with van der Waals surface area (Å²) in [4.78, 5) is 22.9. The summed E-state index contributed by atoms with van der Waals surface area (Å²) < 4.78 is 36.4. The Bertz CT molecular complexity index is 722. The van der Waals surface area contributed by atoms with E-state index in [1.54, 1.807) is 32.9 Å². The molecule has 0 aliphatic rings. The lowest BCUT2D eigenvalue weighted by molar-refractivity contribution is -0.154. The first kappa shape index (κ1) is 20.9. The Balaban J connectivity index is 2.83. The molecule has 0 saturated carbocycles. The highest BCUT2D eigenvalue weighted by Gasteiger charge is 2.25. The fourth-order valence-electron chi connectivity index (χ4n) is 2.31. The van der Waals surface area contributed by atoms with Crippen molar-refractivity contribution in [1.82, 2.24) is 9.62 Å². The van der Waals surface area contributed by atoms with Crippen LogP contribution in [0.15, 0.2) is 17.0 Å². The summed E-state index contributed by atoms with van der Waals surface area (Å²) in [6.45, 7) is 5.07. The van der Waals surface area contributed by atoms with E-state index in [-0.39, 0.29) is 24.6 Å². The molecule has 0 spiro atoms. The van der Waals surface area contributed by atoms with Crippen molar-refractivity contribution >= 4 is 21.9 Å². The number of aryl methyl sites for hydroxylation is 2. The Labute approximate surface area is 148 Å². The Hall–Kier alpha value is -2.13. The van der Waals surface area contributed by atoms with Crippen LogP contribution in [0, 0.1) is 13.8 Å². The molecule has 140 valence electrons. The van der Waals surface area contributed by atoms with E-state index in [1.807, 2.05) is 0 Å². The first-order valence-electron chi connectivity index (χ1n) is 7.71. The molecule has 1 aromatic rings. The molecule has 0 aliphatic carbocycles. The minimum atomic E-state index is -3.74. The van der Waals surface area contributed by atoms with E-state index in [0.29, 0.717) is 16.9 Å². The van der Waals surface area contributed by atoms with Crippen molar-refractivity contribution in [3.63, 3.8) is 0 Å². The number of rotatable bonds is 7. The molecule has 1 amide bonds. The fourth-order valence-corrected chi connectivity index (χ4v) is 3.88. The van der Waals surface area contributed by atoms with Gasteiger partial charge in [0.1, 0.15) is 5.75 Å². The second-order valence-corrected chi connectivity index (χ2v) is 7.37. The van der Waals surface area contributed by atoms with Gasteiger partial charge in [-0.1, -0.05) is 0 Å². The van der Waals surface area contributed by atoms with Gasteiger partial charge in [0, 0.05) is 20.1 Å². The molecule has 0 aliphatic heterocycles. The number of sulfonamides is 1. The van der Waals surface area contributed by atoms with Crippen molar-refractivity contribution in [3.05, 3.63) is 23.3 Å². The number of ether oxygens (including phenoxy) is 2. The molecule has 0 unspecified atom stereocenters. The minimum absolute atomic E-state index is 0.0123. The second-order valence-electron chi connectivity index (χ2n) is 5.39. The van der Waals surface area contributed by atoms with Gasteiger partial charge in [-0.25, -0.2) is 13.2 Å². The number of nitrogens with zero attached hydrogens (tertiary/aromatic N) is 1. The number of carbonyl (C=O) groups is 2. The number of methoxy groups -OCH3 is 1. The van der Waals surface area contributed by atoms with Crippen molar-refractivity contribution in [2.45, 2.75) is 25.7 Å². The Kier molecular flexibility index (Phi) is 7.38. The summed E-state index contributed by atoms with van der Waals surface area (Å²) in [6.07, 6.45) is 0. The molecule has 8 nitrogen and oxygen atoms in total. The van der Waals surface area contributed by atoms with Gasteiger partial charge in [0.15, 0.2) is 0 Å². The van der Waals surface area contributed by atoms with Crippen molar-refractivity contribution < 1.29 is 27.5 Å². The summed E-state index contributed by atoms with van der Waals surface area (Å²) in [5.74, 6) is -1.31. The molecule has 1 rings (SSSR count). The van der Waals surface area contributed by atoms with E-state index in [1.165, 1.54) is 14.2 Å². The number of hydrogen-bond acceptors (Lipinski definition) is 6. The predicted molar refractivity (Wildman–Crippen MR) is 91.9 cm³/mol. The quantitative estimate of drug-likeness (QED) is 0.556. The maximum Gasteiger partial charge on any atom is 0.396 e. The highest BCUT2D eigenvalue weighted by atomic mass is 32.2. The van der Waals surface area contributed by atoms with E-state index in [2.05, 4.69) is 10.1 Å². The Morgan fingerprint density at radius 3 is 2.24 bits per heavy atom. The molecule has 1 aromatic carbocycles. The van der Waals surface area contributed by atoms with Crippen molar-refractivity contribution in [2.75, 3.05) is 33.9 Å². The number of benzene rings is 1. The molecule has 0 saturated heterocycles. The van der Waals surface area contributed by atoms with Crippen LogP contribution in [-0.2, 0) is 24.3 Å². The molecule has 0 fully saturated rings. The summed E-state index contributed by atoms with van der Waals surface area (Å²) >= 11 is 0. The molecule has 9 heteroatoms. The summed E-state index contributed by atoms with van der Waals surface area (Å²) in [6, 6.07) is 3.30. The maximum absolute atomic E-state index is 12.8. The van der Waals surface area contributed by atoms with E-state index < -0.39 is 21.9 Å². The average molecular weight is 372 g/mol. The number of nitrogens with one attached hydrogen (secondary N) is 1. The first-order valence-corrected chi connectivity index (χ1v) is 9.15. The maximum atomic E-state index is 12.8. The van der Waals surface area contributed by atoms with Gasteiger partial charge in [-0.05, 0) is 44.0 Å². The van der Waals surface area contributed by atoms with E-state index in [9.17, 15) is 18.0 Å². The minimum Gasteiger partial charge on any atom is -0.497 e. The highest BCUT2D eigenvalue weighted by molar-refractivity contribution is 7.89. The third-order valence-electron chi connectivity index (χ3n) is 3.51. The van der Waals surface area contributed by atoms with E-state index in [4.69, 9.17) is 4.74 Å². The average Bonchev–Trinajstić information content (AvgIpc) is 2.53. The molecule has 1 N–H and O–H groups in total. The summed E-state index contributed by atoms with van der Waals surface area (Å²) in [7, 11) is -0.817. The molecular weight excluding hydrogens is 348 g/mol. The van der Waals surface area contributed by atoms with Gasteiger partial charge in [0.05, 0.1) is 18.6 Å². The topological polar surface area (TPSA) is 102 Å². The molecule has 0 heterocycles. The summed E-state index contributed by atoms with van der Waals surface area (Å²) in [5.41, 5.74) is 1.14. The first-order chi connectivity index (χ1) is 11.6. The lowest BCUT2D eigenvalue weighted by Crippen LogP contribution is -2.39. The monoisotopic (exact) mass is 372 g/mol. The van der Waals surface area contributed by atoms with Gasteiger partial charge in [-0.15, -0.1) is 0 Å². The van der Waals surface area contributed by atoms with Crippen LogP contribution in [0.25, 0.3) is 0 Å². The number of hydrogen-bond donors (Lipinski definition) is 1. The van der Waals surface area contributed by atoms with Crippen LogP contribution < -0.4 is 10.1 Å².